The molecule has 2 rings (SSSR count). The van der Waals surface area contributed by atoms with E-state index in [2.05, 4.69) is 41.4 Å². The van der Waals surface area contributed by atoms with Crippen molar-refractivity contribution in [3.8, 4) is 5.75 Å². The Kier molecular flexibility index (Phi) is 4.48. The third kappa shape index (κ3) is 4.46. The number of nitrogens with one attached hydrogen (secondary N) is 2. The Hall–Kier alpha value is -2.07. The normalized spacial score (nSPS) is 11.1. The Balaban J connectivity index is 2.13. The van der Waals surface area contributed by atoms with Gasteiger partial charge in [-0.3, -0.25) is 5.43 Å². The molecule has 0 fully saturated rings. The van der Waals surface area contributed by atoms with Gasteiger partial charge in [0, 0.05) is 11.9 Å². The maximum absolute atomic E-state index is 12.0. The summed E-state index contributed by atoms with van der Waals surface area (Å²) in [6.45, 7) is 0. The molecule has 10 heteroatoms. The molecule has 4 N–H and O–H groups in total. The van der Waals surface area contributed by atoms with Gasteiger partial charge >= 0.3 is 6.36 Å². The molecule has 0 amide bonds. The van der Waals surface area contributed by atoms with Crippen LogP contribution >= 0.6 is 15.9 Å². The predicted molar refractivity (Wildman–Crippen MR) is 73.9 cm³/mol. The van der Waals surface area contributed by atoms with E-state index in [0.29, 0.717) is 16.0 Å². The Morgan fingerprint density at radius 3 is 2.43 bits per heavy atom. The summed E-state index contributed by atoms with van der Waals surface area (Å²) < 4.78 is 40.5. The lowest BCUT2D eigenvalue weighted by atomic mass is 10.3. The fraction of sp³-hybridized carbons (Fsp3) is 0.0909. The van der Waals surface area contributed by atoms with Gasteiger partial charge in [0.2, 0.25) is 5.95 Å². The highest BCUT2D eigenvalue weighted by atomic mass is 79.9. The number of nitrogens with zero attached hydrogens (tertiary/aromatic N) is 2. The SMILES string of the molecule is NNc1ncc(Br)c(Nc2ccc(OC(F)(F)F)cc2)n1. The number of anilines is 3. The molecule has 21 heavy (non-hydrogen) atoms. The first-order valence-corrected chi connectivity index (χ1v) is 6.28. The van der Waals surface area contributed by atoms with Crippen LogP contribution < -0.4 is 21.3 Å². The second kappa shape index (κ2) is 6.14. The van der Waals surface area contributed by atoms with Crippen molar-refractivity contribution < 1.29 is 17.9 Å². The summed E-state index contributed by atoms with van der Waals surface area (Å²) in [7, 11) is 0. The molecule has 0 aliphatic heterocycles. The summed E-state index contributed by atoms with van der Waals surface area (Å²) in [5.74, 6) is 5.49. The van der Waals surface area contributed by atoms with E-state index in [1.165, 1.54) is 30.5 Å². The molecule has 0 spiro atoms. The summed E-state index contributed by atoms with van der Waals surface area (Å²) in [5.41, 5.74) is 2.81. The van der Waals surface area contributed by atoms with Gasteiger partial charge in [-0.1, -0.05) is 0 Å². The fourth-order valence-corrected chi connectivity index (χ4v) is 1.69. The van der Waals surface area contributed by atoms with Crippen molar-refractivity contribution in [3.05, 3.63) is 34.9 Å². The van der Waals surface area contributed by atoms with Crippen LogP contribution in [0, 0.1) is 0 Å². The van der Waals surface area contributed by atoms with Crippen molar-refractivity contribution in [3.63, 3.8) is 0 Å². The highest BCUT2D eigenvalue weighted by molar-refractivity contribution is 9.10. The Labute approximate surface area is 125 Å². The summed E-state index contributed by atoms with van der Waals surface area (Å²) in [6.07, 6.45) is -3.24. The molecule has 6 nitrogen and oxygen atoms in total. The van der Waals surface area contributed by atoms with Crippen molar-refractivity contribution in [2.24, 2.45) is 5.84 Å². The number of rotatable bonds is 4. The summed E-state index contributed by atoms with van der Waals surface area (Å²) in [6, 6.07) is 5.22. The molecule has 2 aromatic rings. The van der Waals surface area contributed by atoms with E-state index in [4.69, 9.17) is 5.84 Å². The number of aromatic nitrogens is 2. The molecular formula is C11H9BrF3N5O. The van der Waals surface area contributed by atoms with Gasteiger partial charge in [-0.15, -0.1) is 13.2 Å². The minimum Gasteiger partial charge on any atom is -0.406 e. The molecule has 0 atom stereocenters. The highest BCUT2D eigenvalue weighted by Gasteiger charge is 2.30. The van der Waals surface area contributed by atoms with Gasteiger partial charge in [0.05, 0.1) is 4.47 Å². The van der Waals surface area contributed by atoms with Crippen LogP contribution in [0.5, 0.6) is 5.75 Å². The van der Waals surface area contributed by atoms with Gasteiger partial charge in [-0.25, -0.2) is 10.8 Å². The zero-order valence-corrected chi connectivity index (χ0v) is 11.9. The van der Waals surface area contributed by atoms with Crippen LogP contribution in [0.15, 0.2) is 34.9 Å². The molecule has 0 unspecified atom stereocenters. The van der Waals surface area contributed by atoms with E-state index in [1.54, 1.807) is 0 Å². The largest absolute Gasteiger partial charge is 0.573 e. The molecule has 0 saturated heterocycles. The van der Waals surface area contributed by atoms with Crippen molar-refractivity contribution in [1.82, 2.24) is 9.97 Å². The van der Waals surface area contributed by atoms with Gasteiger partial charge in [0.15, 0.2) is 0 Å². The Morgan fingerprint density at radius 1 is 1.19 bits per heavy atom. The first-order chi connectivity index (χ1) is 9.87. The lowest BCUT2D eigenvalue weighted by Crippen LogP contribution is -2.17. The van der Waals surface area contributed by atoms with Gasteiger partial charge in [-0.2, -0.15) is 4.98 Å². The zero-order chi connectivity index (χ0) is 15.5. The third-order valence-electron chi connectivity index (χ3n) is 2.22. The predicted octanol–water partition coefficient (Wildman–Crippen LogP) is 3.17. The Morgan fingerprint density at radius 2 is 1.86 bits per heavy atom. The number of halogens is 4. The number of ether oxygens (including phenoxy) is 1. The molecule has 0 aliphatic rings. The highest BCUT2D eigenvalue weighted by Crippen LogP contribution is 2.27. The van der Waals surface area contributed by atoms with Crippen LogP contribution in [0.4, 0.5) is 30.6 Å². The van der Waals surface area contributed by atoms with E-state index in [0.717, 1.165) is 0 Å². The molecule has 1 aromatic heterocycles. The first-order valence-electron chi connectivity index (χ1n) is 5.49. The quantitative estimate of drug-likeness (QED) is 0.571. The van der Waals surface area contributed by atoms with E-state index < -0.39 is 6.36 Å². The second-order valence-corrected chi connectivity index (χ2v) is 4.59. The number of hydrazine groups is 1. The number of alkyl halides is 3. The van der Waals surface area contributed by atoms with E-state index in [1.807, 2.05) is 0 Å². The number of hydrogen-bond acceptors (Lipinski definition) is 6. The molecule has 0 bridgehead atoms. The standard InChI is InChI=1S/C11H9BrF3N5O/c12-8-5-17-10(20-16)19-9(8)18-6-1-3-7(4-2-6)21-11(13,14)15/h1-5H,16H2,(H2,17,18,19,20). The number of benzene rings is 1. The molecule has 1 heterocycles. The Bertz CT molecular complexity index is 620. The maximum atomic E-state index is 12.0. The molecule has 0 saturated carbocycles. The van der Waals surface area contributed by atoms with Crippen molar-refractivity contribution >= 4 is 33.4 Å². The van der Waals surface area contributed by atoms with Crippen LogP contribution in [-0.2, 0) is 0 Å². The minimum atomic E-state index is -4.72. The third-order valence-corrected chi connectivity index (χ3v) is 2.80. The average Bonchev–Trinajstić information content (AvgIpc) is 2.42. The number of hydrogen-bond donors (Lipinski definition) is 3. The van der Waals surface area contributed by atoms with Crippen molar-refractivity contribution in [2.45, 2.75) is 6.36 Å². The fourth-order valence-electron chi connectivity index (χ4n) is 1.40. The molecule has 0 aliphatic carbocycles. The van der Waals surface area contributed by atoms with Crippen LogP contribution in [0.2, 0.25) is 0 Å². The first kappa shape index (κ1) is 15.3. The maximum Gasteiger partial charge on any atom is 0.573 e. The topological polar surface area (TPSA) is 85.1 Å². The smallest absolute Gasteiger partial charge is 0.406 e. The monoisotopic (exact) mass is 363 g/mol. The van der Waals surface area contributed by atoms with Crippen molar-refractivity contribution in [2.75, 3.05) is 10.7 Å². The van der Waals surface area contributed by atoms with Gasteiger partial charge < -0.3 is 10.1 Å². The van der Waals surface area contributed by atoms with Crippen LogP contribution in [0.3, 0.4) is 0 Å². The summed E-state index contributed by atoms with van der Waals surface area (Å²) in [5, 5.41) is 2.91. The lowest BCUT2D eigenvalue weighted by molar-refractivity contribution is -0.274. The van der Waals surface area contributed by atoms with Gasteiger partial charge in [-0.05, 0) is 40.2 Å². The number of nitrogens with two attached hydrogens (primary N) is 1. The molecule has 0 radical (unpaired) electrons. The molecule has 1 aromatic carbocycles. The van der Waals surface area contributed by atoms with E-state index in [9.17, 15) is 13.2 Å². The molecular weight excluding hydrogens is 355 g/mol. The summed E-state index contributed by atoms with van der Waals surface area (Å²) >= 11 is 3.24. The van der Waals surface area contributed by atoms with E-state index >= 15 is 0 Å². The number of nitrogen functional groups attached to an aromatic ring is 1. The second-order valence-electron chi connectivity index (χ2n) is 3.73. The zero-order valence-electron chi connectivity index (χ0n) is 10.3. The summed E-state index contributed by atoms with van der Waals surface area (Å²) in [4.78, 5) is 7.93. The minimum absolute atomic E-state index is 0.192. The van der Waals surface area contributed by atoms with Crippen LogP contribution in [-0.4, -0.2) is 16.3 Å². The molecule has 112 valence electrons. The van der Waals surface area contributed by atoms with E-state index in [-0.39, 0.29) is 11.7 Å². The average molecular weight is 364 g/mol. The van der Waals surface area contributed by atoms with Gasteiger partial charge in [0.1, 0.15) is 11.6 Å². The van der Waals surface area contributed by atoms with Gasteiger partial charge in [0.25, 0.3) is 0 Å². The van der Waals surface area contributed by atoms with Crippen molar-refractivity contribution in [1.29, 1.82) is 0 Å². The lowest BCUT2D eigenvalue weighted by Gasteiger charge is -2.11. The van der Waals surface area contributed by atoms with Crippen LogP contribution in [0.1, 0.15) is 0 Å². The van der Waals surface area contributed by atoms with Crippen LogP contribution in [0.25, 0.3) is 0 Å².